The molecule has 0 amide bonds. The lowest BCUT2D eigenvalue weighted by molar-refractivity contribution is -0.385. The van der Waals surface area contributed by atoms with Crippen LogP contribution in [0.3, 0.4) is 0 Å². The van der Waals surface area contributed by atoms with Crippen molar-refractivity contribution in [2.75, 3.05) is 5.75 Å². The zero-order chi connectivity index (χ0) is 18.6. The minimum Gasteiger partial charge on any atom is -0.361 e. The monoisotopic (exact) mass is 374 g/mol. The first kappa shape index (κ1) is 17.0. The smallest absolute Gasteiger partial charge is 0.272 e. The molecular formula is C18H18N2O5S. The van der Waals surface area contributed by atoms with Gasteiger partial charge in [0.05, 0.1) is 21.5 Å². The first-order valence-corrected chi connectivity index (χ1v) is 10.2. The number of ketones is 1. The minimum absolute atomic E-state index is 0.0182. The normalized spacial score (nSPS) is 24.2. The van der Waals surface area contributed by atoms with Crippen molar-refractivity contribution >= 4 is 21.3 Å². The fourth-order valence-corrected chi connectivity index (χ4v) is 5.99. The second-order valence-electron chi connectivity index (χ2n) is 6.94. The predicted octanol–water partition coefficient (Wildman–Crippen LogP) is 2.63. The molecule has 3 aliphatic rings. The van der Waals surface area contributed by atoms with E-state index >= 15 is 0 Å². The number of nitro benzene ring substituents is 1. The summed E-state index contributed by atoms with van der Waals surface area (Å²) < 4.78 is 25.4. The molecule has 0 bridgehead atoms. The van der Waals surface area contributed by atoms with Crippen molar-refractivity contribution in [2.45, 2.75) is 38.5 Å². The molecule has 0 radical (unpaired) electrons. The van der Waals surface area contributed by atoms with E-state index in [1.165, 1.54) is 6.07 Å². The molecule has 26 heavy (non-hydrogen) atoms. The van der Waals surface area contributed by atoms with Gasteiger partial charge in [0.2, 0.25) is 0 Å². The van der Waals surface area contributed by atoms with Gasteiger partial charge in [-0.05, 0) is 31.4 Å². The van der Waals surface area contributed by atoms with Crippen LogP contribution in [-0.4, -0.2) is 24.9 Å². The number of hydrogen-bond acceptors (Lipinski definition) is 6. The van der Waals surface area contributed by atoms with E-state index in [9.17, 15) is 23.3 Å². The Morgan fingerprint density at radius 2 is 1.96 bits per heavy atom. The van der Waals surface area contributed by atoms with Gasteiger partial charge in [0.1, 0.15) is 0 Å². The van der Waals surface area contributed by atoms with Gasteiger partial charge in [-0.25, -0.2) is 8.42 Å². The third-order valence-corrected chi connectivity index (χ3v) is 7.21. The molecule has 136 valence electrons. The Morgan fingerprint density at radius 3 is 2.65 bits per heavy atom. The zero-order valence-electron chi connectivity index (χ0n) is 14.2. The summed E-state index contributed by atoms with van der Waals surface area (Å²) in [5, 5.41) is 14.3. The van der Waals surface area contributed by atoms with Gasteiger partial charge in [0.25, 0.3) is 5.69 Å². The highest BCUT2D eigenvalue weighted by Crippen LogP contribution is 2.47. The number of hydrogen-bond donors (Lipinski definition) is 1. The third kappa shape index (κ3) is 2.47. The molecule has 4 rings (SSSR count). The maximum absolute atomic E-state index is 12.7. The Hall–Kier alpha value is -2.48. The predicted molar refractivity (Wildman–Crippen MR) is 95.0 cm³/mol. The Morgan fingerprint density at radius 1 is 1.19 bits per heavy atom. The third-order valence-electron chi connectivity index (χ3n) is 5.31. The molecule has 7 nitrogen and oxygen atoms in total. The summed E-state index contributed by atoms with van der Waals surface area (Å²) in [4.78, 5) is 23.6. The van der Waals surface area contributed by atoms with Crippen molar-refractivity contribution in [3.8, 4) is 0 Å². The lowest BCUT2D eigenvalue weighted by Gasteiger charge is -2.33. The van der Waals surface area contributed by atoms with Crippen LogP contribution in [0.5, 0.6) is 0 Å². The maximum Gasteiger partial charge on any atom is 0.272 e. The molecule has 1 aliphatic carbocycles. The van der Waals surface area contributed by atoms with Gasteiger partial charge in [-0.1, -0.05) is 6.07 Å². The highest BCUT2D eigenvalue weighted by atomic mass is 32.2. The lowest BCUT2D eigenvalue weighted by atomic mass is 9.79. The van der Waals surface area contributed by atoms with E-state index in [0.717, 1.165) is 12.1 Å². The van der Waals surface area contributed by atoms with Gasteiger partial charge in [0, 0.05) is 41.4 Å². The SMILES string of the molecule is Cc1cc(C2C3=C(CCCC3=O)NC3=C2S(=O)(=O)CC3)ccc1[N+](=O)[O-]. The van der Waals surface area contributed by atoms with Crippen LogP contribution in [0, 0.1) is 17.0 Å². The highest BCUT2D eigenvalue weighted by molar-refractivity contribution is 7.95. The van der Waals surface area contributed by atoms with Crippen molar-refractivity contribution in [3.05, 3.63) is 61.3 Å². The Kier molecular flexibility index (Phi) is 3.76. The number of nitrogens with zero attached hydrogens (tertiary/aromatic N) is 1. The van der Waals surface area contributed by atoms with Gasteiger partial charge in [-0.15, -0.1) is 0 Å². The van der Waals surface area contributed by atoms with E-state index in [1.54, 1.807) is 19.1 Å². The molecule has 1 unspecified atom stereocenters. The summed E-state index contributed by atoms with van der Waals surface area (Å²) in [6, 6.07) is 4.60. The van der Waals surface area contributed by atoms with Gasteiger partial charge >= 0.3 is 0 Å². The topological polar surface area (TPSA) is 106 Å². The van der Waals surface area contributed by atoms with Crippen LogP contribution < -0.4 is 5.32 Å². The van der Waals surface area contributed by atoms with Crippen LogP contribution in [-0.2, 0) is 14.6 Å². The van der Waals surface area contributed by atoms with E-state index in [-0.39, 0.29) is 22.1 Å². The second-order valence-corrected chi connectivity index (χ2v) is 9.02. The average Bonchev–Trinajstić information content (AvgIpc) is 2.88. The molecule has 0 saturated carbocycles. The van der Waals surface area contributed by atoms with Crippen molar-refractivity contribution in [1.82, 2.24) is 5.32 Å². The lowest BCUT2D eigenvalue weighted by Crippen LogP contribution is -2.32. The van der Waals surface area contributed by atoms with Crippen LogP contribution in [0.2, 0.25) is 0 Å². The van der Waals surface area contributed by atoms with E-state index in [0.29, 0.717) is 41.7 Å². The van der Waals surface area contributed by atoms with Crippen molar-refractivity contribution in [1.29, 1.82) is 0 Å². The summed E-state index contributed by atoms with van der Waals surface area (Å²) in [6.45, 7) is 1.62. The molecule has 1 aromatic rings. The number of allylic oxidation sites excluding steroid dienone is 4. The zero-order valence-corrected chi connectivity index (χ0v) is 15.1. The fourth-order valence-electron chi connectivity index (χ4n) is 4.16. The first-order valence-electron chi connectivity index (χ1n) is 8.53. The summed E-state index contributed by atoms with van der Waals surface area (Å²) in [6.07, 6.45) is 2.25. The van der Waals surface area contributed by atoms with Crippen LogP contribution in [0.4, 0.5) is 5.69 Å². The molecule has 0 fully saturated rings. The maximum atomic E-state index is 12.7. The summed E-state index contributed by atoms with van der Waals surface area (Å²) in [5.41, 5.74) is 3.03. The summed E-state index contributed by atoms with van der Waals surface area (Å²) >= 11 is 0. The molecule has 1 aromatic carbocycles. The van der Waals surface area contributed by atoms with Crippen LogP contribution in [0.15, 0.2) is 40.1 Å². The quantitative estimate of drug-likeness (QED) is 0.630. The number of dihydropyridines is 1. The molecule has 1 N–H and O–H groups in total. The Bertz CT molecular complexity index is 1020. The second kappa shape index (κ2) is 5.77. The number of nitro groups is 1. The Labute approximate surface area is 150 Å². The fraction of sp³-hybridized carbons (Fsp3) is 0.389. The summed E-state index contributed by atoms with van der Waals surface area (Å²) in [7, 11) is -3.46. The molecule has 1 atom stereocenters. The number of rotatable bonds is 2. The summed E-state index contributed by atoms with van der Waals surface area (Å²) in [5.74, 6) is -0.684. The number of aryl methyl sites for hydroxylation is 1. The molecule has 2 heterocycles. The number of nitrogens with one attached hydrogen (secondary N) is 1. The molecule has 0 spiro atoms. The standard InChI is InChI=1S/C18H18N2O5S/c1-10-9-11(5-6-14(10)20(22)23)16-17-12(3-2-4-15(17)21)19-13-7-8-26(24,25)18(13)16/h5-6,9,16,19H,2-4,7-8H2,1H3. The van der Waals surface area contributed by atoms with Crippen LogP contribution in [0.1, 0.15) is 42.7 Å². The number of benzene rings is 1. The number of carbonyl (C=O) groups excluding carboxylic acids is 1. The molecule has 8 heteroatoms. The minimum atomic E-state index is -3.46. The van der Waals surface area contributed by atoms with Crippen LogP contribution in [0.25, 0.3) is 0 Å². The van der Waals surface area contributed by atoms with E-state index < -0.39 is 20.7 Å². The van der Waals surface area contributed by atoms with Crippen LogP contribution >= 0.6 is 0 Å². The van der Waals surface area contributed by atoms with Crippen molar-refractivity contribution in [2.24, 2.45) is 0 Å². The van der Waals surface area contributed by atoms with Gasteiger partial charge in [0.15, 0.2) is 15.6 Å². The molecule has 0 aromatic heterocycles. The number of carbonyl (C=O) groups is 1. The van der Waals surface area contributed by atoms with E-state index in [1.807, 2.05) is 0 Å². The van der Waals surface area contributed by atoms with E-state index in [4.69, 9.17) is 0 Å². The largest absolute Gasteiger partial charge is 0.361 e. The Balaban J connectivity index is 1.93. The van der Waals surface area contributed by atoms with Crippen molar-refractivity contribution in [3.63, 3.8) is 0 Å². The number of Topliss-reactive ketones (excluding diaryl/α,β-unsaturated/α-hetero) is 1. The molecule has 2 aliphatic heterocycles. The average molecular weight is 374 g/mol. The number of sulfone groups is 1. The van der Waals surface area contributed by atoms with Gasteiger partial charge in [-0.3, -0.25) is 14.9 Å². The first-order chi connectivity index (χ1) is 12.3. The van der Waals surface area contributed by atoms with Gasteiger partial charge < -0.3 is 5.32 Å². The van der Waals surface area contributed by atoms with Crippen molar-refractivity contribution < 1.29 is 18.1 Å². The molecular weight excluding hydrogens is 356 g/mol. The van der Waals surface area contributed by atoms with Gasteiger partial charge in [-0.2, -0.15) is 0 Å². The molecule has 0 saturated heterocycles. The van der Waals surface area contributed by atoms with E-state index in [2.05, 4.69) is 5.32 Å². The highest BCUT2D eigenvalue weighted by Gasteiger charge is 2.44.